The van der Waals surface area contributed by atoms with Crippen LogP contribution in [-0.4, -0.2) is 25.9 Å². The molecule has 0 aliphatic rings. The Morgan fingerprint density at radius 1 is 1.00 bits per heavy atom. The van der Waals surface area contributed by atoms with Crippen molar-refractivity contribution in [3.63, 3.8) is 0 Å². The molecule has 0 fully saturated rings. The van der Waals surface area contributed by atoms with E-state index in [1.165, 1.54) is 41.8 Å². The van der Waals surface area contributed by atoms with Crippen LogP contribution < -0.4 is 14.8 Å². The van der Waals surface area contributed by atoms with E-state index in [4.69, 9.17) is 4.74 Å². The van der Waals surface area contributed by atoms with Crippen molar-refractivity contribution in [2.75, 3.05) is 16.6 Å². The van der Waals surface area contributed by atoms with Crippen LogP contribution in [0.2, 0.25) is 0 Å². The van der Waals surface area contributed by atoms with E-state index in [1.807, 2.05) is 42.5 Å². The summed E-state index contributed by atoms with van der Waals surface area (Å²) in [5.41, 5.74) is 0.467. The molecule has 1 heterocycles. The second-order valence-electron chi connectivity index (χ2n) is 6.28. The monoisotopic (exact) mass is 439 g/mol. The zero-order valence-corrected chi connectivity index (χ0v) is 17.2. The lowest BCUT2D eigenvalue weighted by Crippen LogP contribution is -2.20. The number of fused-ring (bicyclic) bond motifs is 1. The van der Waals surface area contributed by atoms with Crippen LogP contribution in [0.3, 0.4) is 0 Å². The van der Waals surface area contributed by atoms with Crippen LogP contribution in [0.1, 0.15) is 0 Å². The van der Waals surface area contributed by atoms with Gasteiger partial charge in [-0.3, -0.25) is 9.52 Å². The first-order valence-corrected chi connectivity index (χ1v) is 11.3. The predicted octanol–water partition coefficient (Wildman–Crippen LogP) is 4.11. The summed E-state index contributed by atoms with van der Waals surface area (Å²) >= 11 is 1.19. The van der Waals surface area contributed by atoms with Gasteiger partial charge < -0.3 is 10.1 Å². The Kier molecular flexibility index (Phi) is 5.64. The fourth-order valence-electron chi connectivity index (χ4n) is 2.83. The molecule has 0 unspecified atom stereocenters. The maximum atomic E-state index is 12.3. The minimum atomic E-state index is -3.74. The van der Waals surface area contributed by atoms with E-state index in [1.54, 1.807) is 5.38 Å². The van der Waals surface area contributed by atoms with Crippen LogP contribution in [-0.2, 0) is 14.8 Å². The molecule has 9 heteroatoms. The zero-order chi connectivity index (χ0) is 21.0. The first kappa shape index (κ1) is 19.9. The SMILES string of the molecule is O=C(COc1cccc2ccccc12)Nc1ccc(S(=O)(=O)Nc2nccs2)cc1. The van der Waals surface area contributed by atoms with E-state index in [9.17, 15) is 13.2 Å². The van der Waals surface area contributed by atoms with Crippen LogP contribution in [0.15, 0.2) is 83.2 Å². The molecule has 1 amide bonds. The third-order valence-corrected chi connectivity index (χ3v) is 6.38. The van der Waals surface area contributed by atoms with Crippen molar-refractivity contribution in [2.24, 2.45) is 0 Å². The molecule has 0 spiro atoms. The zero-order valence-electron chi connectivity index (χ0n) is 15.6. The predicted molar refractivity (Wildman–Crippen MR) is 117 cm³/mol. The van der Waals surface area contributed by atoms with Gasteiger partial charge in [0.25, 0.3) is 15.9 Å². The quantitative estimate of drug-likeness (QED) is 0.452. The van der Waals surface area contributed by atoms with Gasteiger partial charge >= 0.3 is 0 Å². The van der Waals surface area contributed by atoms with Gasteiger partial charge in [0.05, 0.1) is 4.90 Å². The number of thiazole rings is 1. The lowest BCUT2D eigenvalue weighted by atomic mass is 10.1. The molecule has 1 aromatic heterocycles. The fraction of sp³-hybridized carbons (Fsp3) is 0.0476. The van der Waals surface area contributed by atoms with Crippen molar-refractivity contribution in [3.05, 3.63) is 78.3 Å². The Labute approximate surface area is 177 Å². The standard InChI is InChI=1S/C21H17N3O4S2/c25-20(14-28-19-7-3-5-15-4-1-2-6-18(15)19)23-16-8-10-17(11-9-16)30(26,27)24-21-22-12-13-29-21/h1-13H,14H2,(H,22,24)(H,23,25). The van der Waals surface area contributed by atoms with Crippen molar-refractivity contribution in [2.45, 2.75) is 4.90 Å². The Morgan fingerprint density at radius 3 is 2.53 bits per heavy atom. The van der Waals surface area contributed by atoms with Crippen molar-refractivity contribution in [3.8, 4) is 5.75 Å². The van der Waals surface area contributed by atoms with E-state index in [2.05, 4.69) is 15.0 Å². The van der Waals surface area contributed by atoms with Gasteiger partial charge in [0, 0.05) is 22.7 Å². The maximum absolute atomic E-state index is 12.3. The number of amides is 1. The van der Waals surface area contributed by atoms with Crippen molar-refractivity contribution in [1.29, 1.82) is 0 Å². The first-order chi connectivity index (χ1) is 14.5. The molecule has 0 atom stereocenters. The highest BCUT2D eigenvalue weighted by Crippen LogP contribution is 2.25. The average molecular weight is 440 g/mol. The third kappa shape index (κ3) is 4.58. The number of ether oxygens (including phenoxy) is 1. The van der Waals surface area contributed by atoms with Crippen LogP contribution >= 0.6 is 11.3 Å². The number of anilines is 2. The number of nitrogens with zero attached hydrogens (tertiary/aromatic N) is 1. The summed E-state index contributed by atoms with van der Waals surface area (Å²) in [5.74, 6) is 0.275. The Hall–Kier alpha value is -3.43. The molecule has 0 aliphatic heterocycles. The fourth-order valence-corrected chi connectivity index (χ4v) is 4.62. The van der Waals surface area contributed by atoms with Gasteiger partial charge in [-0.15, -0.1) is 11.3 Å². The normalized spacial score (nSPS) is 11.2. The van der Waals surface area contributed by atoms with Gasteiger partial charge in [0.15, 0.2) is 11.7 Å². The largest absolute Gasteiger partial charge is 0.483 e. The molecule has 3 aromatic carbocycles. The number of sulfonamides is 1. The molecule has 152 valence electrons. The van der Waals surface area contributed by atoms with Gasteiger partial charge in [0.2, 0.25) is 0 Å². The summed E-state index contributed by atoms with van der Waals surface area (Å²) < 4.78 is 32.8. The highest BCUT2D eigenvalue weighted by atomic mass is 32.2. The number of rotatable bonds is 7. The van der Waals surface area contributed by atoms with E-state index < -0.39 is 10.0 Å². The van der Waals surface area contributed by atoms with Crippen molar-refractivity contribution < 1.29 is 17.9 Å². The molecule has 0 saturated carbocycles. The van der Waals surface area contributed by atoms with Crippen molar-refractivity contribution >= 4 is 48.9 Å². The van der Waals surface area contributed by atoms with E-state index >= 15 is 0 Å². The summed E-state index contributed by atoms with van der Waals surface area (Å²) in [6.45, 7) is -0.167. The number of carbonyl (C=O) groups excluding carboxylic acids is 1. The Bertz CT molecular complexity index is 1270. The number of hydrogen-bond acceptors (Lipinski definition) is 6. The summed E-state index contributed by atoms with van der Waals surface area (Å²) in [4.78, 5) is 16.2. The minimum Gasteiger partial charge on any atom is -0.483 e. The number of nitrogens with one attached hydrogen (secondary N) is 2. The molecule has 0 bridgehead atoms. The highest BCUT2D eigenvalue weighted by Gasteiger charge is 2.15. The summed E-state index contributed by atoms with van der Waals surface area (Å²) in [6, 6.07) is 19.3. The van der Waals surface area contributed by atoms with Gasteiger partial charge in [-0.1, -0.05) is 36.4 Å². The van der Waals surface area contributed by atoms with E-state index in [0.717, 1.165) is 10.8 Å². The Morgan fingerprint density at radius 2 is 1.77 bits per heavy atom. The minimum absolute atomic E-state index is 0.0719. The molecule has 4 rings (SSSR count). The molecular formula is C21H17N3O4S2. The summed E-state index contributed by atoms with van der Waals surface area (Å²) in [5, 5.41) is 6.61. The van der Waals surface area contributed by atoms with Gasteiger partial charge in [0.1, 0.15) is 5.75 Å². The number of aromatic nitrogens is 1. The number of carbonyl (C=O) groups is 1. The molecule has 30 heavy (non-hydrogen) atoms. The van der Waals surface area contributed by atoms with Gasteiger partial charge in [-0.05, 0) is 35.7 Å². The van der Waals surface area contributed by atoms with Gasteiger partial charge in [-0.25, -0.2) is 13.4 Å². The number of benzene rings is 3. The molecular weight excluding hydrogens is 422 g/mol. The molecule has 7 nitrogen and oxygen atoms in total. The smallest absolute Gasteiger partial charge is 0.263 e. The lowest BCUT2D eigenvalue weighted by molar-refractivity contribution is -0.118. The Balaban J connectivity index is 1.38. The molecule has 0 aliphatic carbocycles. The molecule has 2 N–H and O–H groups in total. The van der Waals surface area contributed by atoms with Crippen LogP contribution in [0.25, 0.3) is 10.8 Å². The van der Waals surface area contributed by atoms with Crippen LogP contribution in [0.4, 0.5) is 10.8 Å². The maximum Gasteiger partial charge on any atom is 0.263 e. The van der Waals surface area contributed by atoms with E-state index in [0.29, 0.717) is 11.4 Å². The average Bonchev–Trinajstić information content (AvgIpc) is 3.25. The summed E-state index contributed by atoms with van der Waals surface area (Å²) in [7, 11) is -3.74. The first-order valence-electron chi connectivity index (χ1n) is 8.94. The van der Waals surface area contributed by atoms with Crippen LogP contribution in [0, 0.1) is 0 Å². The van der Waals surface area contributed by atoms with Gasteiger partial charge in [-0.2, -0.15) is 0 Å². The van der Waals surface area contributed by atoms with Crippen molar-refractivity contribution in [1.82, 2.24) is 4.98 Å². The highest BCUT2D eigenvalue weighted by molar-refractivity contribution is 7.93. The third-order valence-electron chi connectivity index (χ3n) is 4.21. The number of hydrogen-bond donors (Lipinski definition) is 2. The second kappa shape index (κ2) is 8.52. The molecule has 0 saturated heterocycles. The second-order valence-corrected chi connectivity index (χ2v) is 8.86. The molecule has 4 aromatic rings. The van der Waals surface area contributed by atoms with Crippen LogP contribution in [0.5, 0.6) is 5.75 Å². The summed E-state index contributed by atoms with van der Waals surface area (Å²) in [6.07, 6.45) is 1.52. The van der Waals surface area contributed by atoms with E-state index in [-0.39, 0.29) is 22.5 Å². The lowest BCUT2D eigenvalue weighted by Gasteiger charge is -2.10. The molecule has 0 radical (unpaired) electrons. The topological polar surface area (TPSA) is 97.4 Å².